The van der Waals surface area contributed by atoms with Gasteiger partial charge in [0.2, 0.25) is 0 Å². The highest BCUT2D eigenvalue weighted by Gasteiger charge is 2.52. The number of nitrogens with two attached hydrogens (primary N) is 1. The number of fused-ring (bicyclic) bond motifs is 1. The van der Waals surface area contributed by atoms with E-state index in [1.807, 2.05) is 97.1 Å². The molecule has 5 aromatic carbocycles. The number of methoxy groups -OCH3 is 2. The van der Waals surface area contributed by atoms with E-state index in [4.69, 9.17) is 43.2 Å². The van der Waals surface area contributed by atoms with Crippen molar-refractivity contribution in [3.8, 4) is 23.0 Å². The number of carbonyl (C=O) groups is 2. The number of rotatable bonds is 22. The smallest absolute Gasteiger partial charge is 0.308 e. The Kier molecular flexibility index (Phi) is 16.4. The summed E-state index contributed by atoms with van der Waals surface area (Å²) in [5.74, 6) is 1.37. The number of hydrogen-bond acceptors (Lipinski definition) is 15. The maximum absolute atomic E-state index is 15.7. The van der Waals surface area contributed by atoms with Crippen LogP contribution in [-0.2, 0) is 28.9 Å². The molecule has 17 heteroatoms. The Morgan fingerprint density at radius 2 is 1.34 bits per heavy atom. The molecule has 3 heterocycles. The first-order chi connectivity index (χ1) is 34.4. The zero-order valence-corrected chi connectivity index (χ0v) is 41.7. The van der Waals surface area contributed by atoms with E-state index in [0.29, 0.717) is 50.9 Å². The molecule has 1 aliphatic rings. The number of imidazole rings is 1. The summed E-state index contributed by atoms with van der Waals surface area (Å²) in [7, 11) is 1.32. The molecule has 0 radical (unpaired) electrons. The minimum Gasteiger partial charge on any atom is -0.497 e. The maximum Gasteiger partial charge on any atom is 0.308 e. The second kappa shape index (κ2) is 23.0. The van der Waals surface area contributed by atoms with Crippen LogP contribution in [0.4, 0.5) is 5.82 Å². The number of ketones is 1. The molecular formula is C54H59N6O10P. The summed E-state index contributed by atoms with van der Waals surface area (Å²) in [6, 6.07) is 40.9. The van der Waals surface area contributed by atoms with E-state index >= 15 is 4.79 Å². The number of para-hydroxylation sites is 2. The van der Waals surface area contributed by atoms with Crippen molar-refractivity contribution in [3.05, 3.63) is 168 Å². The summed E-state index contributed by atoms with van der Waals surface area (Å²) in [6.45, 7) is 9.82. The Bertz CT molecular complexity index is 2800. The van der Waals surface area contributed by atoms with Gasteiger partial charge >= 0.3 is 5.97 Å². The van der Waals surface area contributed by atoms with Crippen molar-refractivity contribution in [2.45, 2.75) is 83.3 Å². The molecule has 16 nitrogen and oxygen atoms in total. The lowest BCUT2D eigenvalue weighted by molar-refractivity contribution is -0.132. The van der Waals surface area contributed by atoms with Crippen LogP contribution in [0, 0.1) is 0 Å². The van der Waals surface area contributed by atoms with Gasteiger partial charge in [0.25, 0.3) is 8.53 Å². The number of anilines is 1. The van der Waals surface area contributed by atoms with Crippen molar-refractivity contribution in [1.82, 2.24) is 24.2 Å². The minimum absolute atomic E-state index is 0.0468. The van der Waals surface area contributed by atoms with Crippen molar-refractivity contribution in [2.75, 3.05) is 33.2 Å². The molecule has 7 aromatic rings. The van der Waals surface area contributed by atoms with Crippen LogP contribution in [0.15, 0.2) is 146 Å². The number of Topliss-reactive ketones (excluding diaryl/α,β-unsaturated/α-hetero) is 1. The van der Waals surface area contributed by atoms with Crippen molar-refractivity contribution in [3.63, 3.8) is 0 Å². The third-order valence-corrected chi connectivity index (χ3v) is 14.2. The first kappa shape index (κ1) is 50.6. The molecule has 2 aromatic heterocycles. The van der Waals surface area contributed by atoms with Crippen molar-refractivity contribution in [2.24, 2.45) is 0 Å². The minimum atomic E-state index is -1.91. The van der Waals surface area contributed by atoms with Gasteiger partial charge in [0.05, 0.1) is 33.3 Å². The van der Waals surface area contributed by atoms with Crippen LogP contribution in [0.5, 0.6) is 23.0 Å². The highest BCUT2D eigenvalue weighted by Crippen LogP contribution is 2.52. The number of carbonyl (C=O) groups excluding carboxylic acids is 2. The molecule has 0 spiro atoms. The van der Waals surface area contributed by atoms with E-state index in [2.05, 4.69) is 47.3 Å². The van der Waals surface area contributed by atoms with Crippen molar-refractivity contribution in [1.29, 1.82) is 0 Å². The number of nitrogens with zero attached hydrogens (tertiary/aromatic N) is 5. The van der Waals surface area contributed by atoms with Crippen LogP contribution < -0.4 is 24.7 Å². The molecule has 0 amide bonds. The average molecular weight is 983 g/mol. The molecule has 2 N–H and O–H groups in total. The third-order valence-electron chi connectivity index (χ3n) is 12.0. The number of hydrogen-bond donors (Lipinski definition) is 1. The second-order valence-corrected chi connectivity index (χ2v) is 18.7. The monoisotopic (exact) mass is 982 g/mol. The lowest BCUT2D eigenvalue weighted by Crippen LogP contribution is -2.49. The Hall–Kier alpha value is -6.78. The normalized spacial score (nSPS) is 16.8. The molecule has 0 aliphatic carbocycles. The molecule has 2 unspecified atom stereocenters. The van der Waals surface area contributed by atoms with Gasteiger partial charge in [-0.2, -0.15) is 0 Å². The van der Waals surface area contributed by atoms with E-state index in [9.17, 15) is 4.79 Å². The highest BCUT2D eigenvalue weighted by atomic mass is 31.2. The Labute approximate surface area is 414 Å². The molecular weight excluding hydrogens is 924 g/mol. The highest BCUT2D eigenvalue weighted by molar-refractivity contribution is 7.44. The van der Waals surface area contributed by atoms with Gasteiger partial charge in [0.1, 0.15) is 47.9 Å². The fraction of sp³-hybridized carbons (Fsp3) is 0.315. The van der Waals surface area contributed by atoms with Crippen LogP contribution in [0.1, 0.15) is 74.3 Å². The van der Waals surface area contributed by atoms with Gasteiger partial charge in [-0.15, -0.1) is 0 Å². The van der Waals surface area contributed by atoms with Gasteiger partial charge in [-0.05, 0) is 80.8 Å². The fourth-order valence-electron chi connectivity index (χ4n) is 8.86. The third kappa shape index (κ3) is 11.2. The molecule has 1 saturated heterocycles. The first-order valence-electron chi connectivity index (χ1n) is 23.4. The number of nitrogen functional groups attached to an aromatic ring is 1. The van der Waals surface area contributed by atoms with Gasteiger partial charge in [-0.25, -0.2) is 19.6 Å². The Balaban J connectivity index is 1.27. The Morgan fingerprint density at radius 1 is 0.761 bits per heavy atom. The molecule has 1 aliphatic heterocycles. The SMILES string of the molecule is COc1ccc(C(OC(C(=O)c2ccccc2)[C@H]2O[C@@H](n3cnc4c(N)ncnc43)C[C@@H]2OP(OCCOc2ccccc2OC(C)=O)N(C(C)C)C(C)C)(c2ccccc2)c2ccc(OC)cc2)cc1. The van der Waals surface area contributed by atoms with Gasteiger partial charge in [-0.1, -0.05) is 97.1 Å². The van der Waals surface area contributed by atoms with Crippen LogP contribution in [0.2, 0.25) is 0 Å². The topological polar surface area (TPSA) is 181 Å². The van der Waals surface area contributed by atoms with Crippen LogP contribution in [0.25, 0.3) is 11.2 Å². The van der Waals surface area contributed by atoms with E-state index < -0.39 is 44.6 Å². The predicted octanol–water partition coefficient (Wildman–Crippen LogP) is 9.73. The average Bonchev–Trinajstić information content (AvgIpc) is 4.01. The first-order valence-corrected chi connectivity index (χ1v) is 24.5. The summed E-state index contributed by atoms with van der Waals surface area (Å²) in [5, 5.41) is 0. The van der Waals surface area contributed by atoms with Crippen LogP contribution in [0.3, 0.4) is 0 Å². The molecule has 1 fully saturated rings. The quantitative estimate of drug-likeness (QED) is 0.0169. The molecule has 5 atom stereocenters. The van der Waals surface area contributed by atoms with Crippen molar-refractivity contribution < 1.29 is 47.1 Å². The lowest BCUT2D eigenvalue weighted by Gasteiger charge is -2.41. The number of benzene rings is 5. The number of esters is 1. The summed E-state index contributed by atoms with van der Waals surface area (Å²) in [5.41, 5.74) is 8.27. The van der Waals surface area contributed by atoms with Crippen LogP contribution in [-0.4, -0.2) is 93.8 Å². The molecule has 71 heavy (non-hydrogen) atoms. The van der Waals surface area contributed by atoms with Gasteiger partial charge in [-0.3, -0.25) is 14.2 Å². The predicted molar refractivity (Wildman–Crippen MR) is 269 cm³/mol. The van der Waals surface area contributed by atoms with Gasteiger partial charge in [0.15, 0.2) is 34.9 Å². The zero-order chi connectivity index (χ0) is 50.1. The fourth-order valence-corrected chi connectivity index (χ4v) is 10.6. The molecule has 0 saturated carbocycles. The largest absolute Gasteiger partial charge is 0.497 e. The van der Waals surface area contributed by atoms with E-state index in [1.54, 1.807) is 61.5 Å². The van der Waals surface area contributed by atoms with E-state index in [1.165, 1.54) is 13.3 Å². The molecule has 370 valence electrons. The summed E-state index contributed by atoms with van der Waals surface area (Å²) in [6.07, 6.45) is -0.883. The summed E-state index contributed by atoms with van der Waals surface area (Å²) < 4.78 is 55.8. The standard InChI is InChI=1S/C54H59N6O10P/c1-35(2)60(36(3)4)71(66-31-30-65-44-20-14-15-21-45(44)67-37(5)61)70-46-32-47(59-34-58-48-52(55)56-33-57-53(48)59)68-50(46)51(49(62)38-16-10-8-11-17-38)69-54(39-18-12-9-13-19-39,40-22-26-42(63-6)27-23-40)41-24-28-43(64-7)29-25-41/h8-29,33-36,46-47,50-51H,30-32H2,1-7H3,(H2,55,56,57)/t46-,47+,50-,51?,71?/m0/s1. The molecule has 0 bridgehead atoms. The summed E-state index contributed by atoms with van der Waals surface area (Å²) >= 11 is 0. The van der Waals surface area contributed by atoms with Crippen molar-refractivity contribution >= 4 is 37.3 Å². The number of ether oxygens (including phenoxy) is 6. The molecule has 8 rings (SSSR count). The summed E-state index contributed by atoms with van der Waals surface area (Å²) in [4.78, 5) is 40.9. The Morgan fingerprint density at radius 3 is 1.93 bits per heavy atom. The van der Waals surface area contributed by atoms with E-state index in [0.717, 1.165) is 5.56 Å². The van der Waals surface area contributed by atoms with E-state index in [-0.39, 0.29) is 43.3 Å². The second-order valence-electron chi connectivity index (χ2n) is 17.3. The van der Waals surface area contributed by atoms with Crippen LogP contribution >= 0.6 is 8.53 Å². The van der Waals surface area contributed by atoms with Gasteiger partial charge < -0.3 is 43.2 Å². The number of aromatic nitrogens is 4. The zero-order valence-electron chi connectivity index (χ0n) is 40.8. The lowest BCUT2D eigenvalue weighted by atomic mass is 9.79. The maximum atomic E-state index is 15.7. The van der Waals surface area contributed by atoms with Gasteiger partial charge in [0, 0.05) is 31.0 Å².